The van der Waals surface area contributed by atoms with Gasteiger partial charge in [-0.2, -0.15) is 0 Å². The Balaban J connectivity index is 2.35. The molecule has 0 radical (unpaired) electrons. The molecular formula is C19H17Cl4N3O2. The second-order valence-electron chi connectivity index (χ2n) is 6.01. The summed E-state index contributed by atoms with van der Waals surface area (Å²) in [4.78, 5) is 27.4. The molecule has 2 aromatic rings. The number of halogens is 4. The second kappa shape index (κ2) is 9.52. The maximum atomic E-state index is 12.9. The molecular weight excluding hydrogens is 444 g/mol. The maximum absolute atomic E-state index is 12.9. The van der Waals surface area contributed by atoms with Crippen molar-refractivity contribution in [3.8, 4) is 0 Å². The average molecular weight is 461 g/mol. The van der Waals surface area contributed by atoms with E-state index in [1.54, 1.807) is 50.2 Å². The summed E-state index contributed by atoms with van der Waals surface area (Å²) in [6, 6.07) is 9.26. The van der Waals surface area contributed by atoms with Gasteiger partial charge in [0.25, 0.3) is 11.8 Å². The van der Waals surface area contributed by atoms with E-state index in [2.05, 4.69) is 10.6 Å². The Morgan fingerprint density at radius 3 is 1.50 bits per heavy atom. The van der Waals surface area contributed by atoms with Crippen LogP contribution in [0.5, 0.6) is 0 Å². The summed E-state index contributed by atoms with van der Waals surface area (Å²) < 4.78 is 0. The molecule has 0 aliphatic rings. The van der Waals surface area contributed by atoms with Crippen LogP contribution in [0.1, 0.15) is 6.92 Å². The summed E-state index contributed by atoms with van der Waals surface area (Å²) in [5, 5.41) is 6.63. The Kier molecular flexibility index (Phi) is 7.61. The standard InChI is InChI=1S/C19H17Cl4N3O2/c1-10(26(2)3)17(18(27)24-15-6-4-11(20)8-13(15)22)19(28)25-16-7-5-12(21)9-14(16)23/h4-9H,1-3H3,(H,24,27)(H,25,28). The van der Waals surface area contributed by atoms with Crippen molar-refractivity contribution >= 4 is 69.6 Å². The van der Waals surface area contributed by atoms with Crippen LogP contribution in [0.4, 0.5) is 11.4 Å². The molecule has 2 amide bonds. The third-order valence-electron chi connectivity index (χ3n) is 3.85. The molecule has 0 heterocycles. The summed E-state index contributed by atoms with van der Waals surface area (Å²) in [7, 11) is 3.45. The zero-order valence-electron chi connectivity index (χ0n) is 15.2. The van der Waals surface area contributed by atoms with Crippen molar-refractivity contribution in [3.05, 3.63) is 67.8 Å². The van der Waals surface area contributed by atoms with Crippen LogP contribution in [-0.2, 0) is 9.59 Å². The van der Waals surface area contributed by atoms with Crippen LogP contribution in [0.2, 0.25) is 20.1 Å². The number of anilines is 2. The van der Waals surface area contributed by atoms with Crippen molar-refractivity contribution in [1.82, 2.24) is 4.90 Å². The highest BCUT2D eigenvalue weighted by molar-refractivity contribution is 6.38. The molecule has 9 heteroatoms. The molecule has 2 rings (SSSR count). The van der Waals surface area contributed by atoms with Gasteiger partial charge in [-0.3, -0.25) is 9.59 Å². The van der Waals surface area contributed by atoms with E-state index in [1.165, 1.54) is 12.1 Å². The van der Waals surface area contributed by atoms with Crippen molar-refractivity contribution in [2.75, 3.05) is 24.7 Å². The Bertz CT molecular complexity index is 891. The van der Waals surface area contributed by atoms with E-state index in [-0.39, 0.29) is 15.6 Å². The summed E-state index contributed by atoms with van der Waals surface area (Å²) >= 11 is 24.0. The van der Waals surface area contributed by atoms with Crippen LogP contribution >= 0.6 is 46.4 Å². The Morgan fingerprint density at radius 2 is 1.18 bits per heavy atom. The number of amides is 2. The van der Waals surface area contributed by atoms with Gasteiger partial charge in [-0.25, -0.2) is 0 Å². The molecule has 148 valence electrons. The van der Waals surface area contributed by atoms with Crippen molar-refractivity contribution in [2.24, 2.45) is 0 Å². The molecule has 0 spiro atoms. The predicted molar refractivity (Wildman–Crippen MR) is 117 cm³/mol. The van der Waals surface area contributed by atoms with Crippen molar-refractivity contribution in [2.45, 2.75) is 6.92 Å². The third kappa shape index (κ3) is 5.55. The number of nitrogens with one attached hydrogen (secondary N) is 2. The highest BCUT2D eigenvalue weighted by atomic mass is 35.5. The first-order valence-corrected chi connectivity index (χ1v) is 9.52. The number of rotatable bonds is 5. The van der Waals surface area contributed by atoms with Gasteiger partial charge in [0.2, 0.25) is 0 Å². The molecule has 2 N–H and O–H groups in total. The highest BCUT2D eigenvalue weighted by Crippen LogP contribution is 2.28. The number of carbonyl (C=O) groups is 2. The van der Waals surface area contributed by atoms with Crippen LogP contribution in [0.3, 0.4) is 0 Å². The molecule has 2 aromatic carbocycles. The van der Waals surface area contributed by atoms with Gasteiger partial charge in [0.05, 0.1) is 21.4 Å². The van der Waals surface area contributed by atoms with E-state index in [0.717, 1.165) is 0 Å². The van der Waals surface area contributed by atoms with Crippen LogP contribution < -0.4 is 10.6 Å². The maximum Gasteiger partial charge on any atom is 0.263 e. The zero-order valence-corrected chi connectivity index (χ0v) is 18.3. The number of benzene rings is 2. The number of nitrogens with zero attached hydrogens (tertiary/aromatic N) is 1. The largest absolute Gasteiger partial charge is 0.380 e. The SMILES string of the molecule is CC(=C(C(=O)Nc1ccc(Cl)cc1Cl)C(=O)Nc1ccc(Cl)cc1Cl)N(C)C. The first kappa shape index (κ1) is 22.4. The molecule has 5 nitrogen and oxygen atoms in total. The molecule has 0 aliphatic carbocycles. The fourth-order valence-corrected chi connectivity index (χ4v) is 3.12. The molecule has 0 aliphatic heterocycles. The number of carbonyl (C=O) groups excluding carboxylic acids is 2. The normalized spacial score (nSPS) is 10.2. The number of allylic oxidation sites excluding steroid dienone is 1. The van der Waals surface area contributed by atoms with Crippen LogP contribution in [0.25, 0.3) is 0 Å². The lowest BCUT2D eigenvalue weighted by Crippen LogP contribution is -2.29. The molecule has 28 heavy (non-hydrogen) atoms. The van der Waals surface area contributed by atoms with Crippen LogP contribution in [0, 0.1) is 0 Å². The van der Waals surface area contributed by atoms with Gasteiger partial charge in [0, 0.05) is 29.8 Å². The predicted octanol–water partition coefficient (Wildman–Crippen LogP) is 5.71. The van der Waals surface area contributed by atoms with E-state index in [9.17, 15) is 9.59 Å². The molecule has 0 atom stereocenters. The van der Waals surface area contributed by atoms with Gasteiger partial charge in [0.15, 0.2) is 0 Å². The molecule has 0 unspecified atom stereocenters. The van der Waals surface area contributed by atoms with Gasteiger partial charge < -0.3 is 15.5 Å². The van der Waals surface area contributed by atoms with Gasteiger partial charge >= 0.3 is 0 Å². The first-order valence-electron chi connectivity index (χ1n) is 8.01. The fraction of sp³-hybridized carbons (Fsp3) is 0.158. The third-order valence-corrected chi connectivity index (χ3v) is 4.94. The number of hydrogen-bond acceptors (Lipinski definition) is 3. The second-order valence-corrected chi connectivity index (χ2v) is 7.70. The van der Waals surface area contributed by atoms with Gasteiger partial charge in [-0.1, -0.05) is 46.4 Å². The van der Waals surface area contributed by atoms with Crippen molar-refractivity contribution < 1.29 is 9.59 Å². The zero-order chi connectivity index (χ0) is 21.0. The van der Waals surface area contributed by atoms with E-state index in [0.29, 0.717) is 27.1 Å². The summed E-state index contributed by atoms with van der Waals surface area (Å²) in [6.45, 7) is 1.65. The summed E-state index contributed by atoms with van der Waals surface area (Å²) in [5.74, 6) is -1.25. The Hall–Kier alpha value is -1.92. The molecule has 0 saturated carbocycles. The quantitative estimate of drug-likeness (QED) is 0.341. The smallest absolute Gasteiger partial charge is 0.263 e. The summed E-state index contributed by atoms with van der Waals surface area (Å²) in [5.41, 5.74) is 1.02. The Labute approximate surface area is 183 Å². The number of hydrogen-bond donors (Lipinski definition) is 2. The van der Waals surface area contributed by atoms with Crippen molar-refractivity contribution in [1.29, 1.82) is 0 Å². The lowest BCUT2D eigenvalue weighted by molar-refractivity contribution is -0.118. The van der Waals surface area contributed by atoms with Crippen LogP contribution in [0.15, 0.2) is 47.7 Å². The molecule has 0 aromatic heterocycles. The van der Waals surface area contributed by atoms with Crippen molar-refractivity contribution in [3.63, 3.8) is 0 Å². The van der Waals surface area contributed by atoms with Gasteiger partial charge in [-0.05, 0) is 43.3 Å². The molecule has 0 fully saturated rings. The minimum Gasteiger partial charge on any atom is -0.380 e. The minimum atomic E-state index is -0.627. The van der Waals surface area contributed by atoms with Gasteiger partial charge in [0.1, 0.15) is 5.57 Å². The summed E-state index contributed by atoms with van der Waals surface area (Å²) in [6.07, 6.45) is 0. The Morgan fingerprint density at radius 1 is 0.786 bits per heavy atom. The minimum absolute atomic E-state index is 0.0953. The van der Waals surface area contributed by atoms with Crippen LogP contribution in [-0.4, -0.2) is 30.8 Å². The van der Waals surface area contributed by atoms with Gasteiger partial charge in [-0.15, -0.1) is 0 Å². The molecule has 0 bridgehead atoms. The average Bonchev–Trinajstić information content (AvgIpc) is 2.60. The highest BCUT2D eigenvalue weighted by Gasteiger charge is 2.24. The molecule has 0 saturated heterocycles. The first-order chi connectivity index (χ1) is 13.1. The van der Waals surface area contributed by atoms with E-state index in [1.807, 2.05) is 0 Å². The lowest BCUT2D eigenvalue weighted by atomic mass is 10.1. The monoisotopic (exact) mass is 459 g/mol. The van der Waals surface area contributed by atoms with E-state index < -0.39 is 11.8 Å². The fourth-order valence-electron chi connectivity index (χ4n) is 2.21. The van der Waals surface area contributed by atoms with E-state index in [4.69, 9.17) is 46.4 Å². The van der Waals surface area contributed by atoms with E-state index >= 15 is 0 Å². The topological polar surface area (TPSA) is 61.4 Å². The lowest BCUT2D eigenvalue weighted by Gasteiger charge is -2.19.